The molecule has 0 saturated carbocycles. The summed E-state index contributed by atoms with van der Waals surface area (Å²) in [5.74, 6) is 0.762. The van der Waals surface area contributed by atoms with Crippen LogP contribution in [0.5, 0.6) is 5.75 Å². The maximum Gasteiger partial charge on any atom is 0.151 e. The van der Waals surface area contributed by atoms with Gasteiger partial charge in [0.15, 0.2) is 6.29 Å². The van der Waals surface area contributed by atoms with Gasteiger partial charge in [0, 0.05) is 14.7 Å². The molecule has 0 aromatic heterocycles. The minimum Gasteiger partial charge on any atom is -0.496 e. The van der Waals surface area contributed by atoms with Crippen LogP contribution >= 0.6 is 22.6 Å². The highest BCUT2D eigenvalue weighted by molar-refractivity contribution is 14.1. The summed E-state index contributed by atoms with van der Waals surface area (Å²) >= 11 is 2.13. The number of hydrogen-bond donors (Lipinski definition) is 0. The topological polar surface area (TPSA) is 26.3 Å². The van der Waals surface area contributed by atoms with Crippen LogP contribution in [-0.2, 0) is 0 Å². The number of benzene rings is 1. The number of hydrogen-bond acceptors (Lipinski definition) is 2. The number of carbonyl (C=O) groups excluding carboxylic acids is 1. The lowest BCUT2D eigenvalue weighted by Crippen LogP contribution is -1.95. The zero-order valence-corrected chi connectivity index (χ0v) is 9.08. The molecule has 0 amide bonds. The average molecular weight is 276 g/mol. The van der Waals surface area contributed by atoms with E-state index in [-0.39, 0.29) is 0 Å². The van der Waals surface area contributed by atoms with Crippen molar-refractivity contribution in [3.05, 3.63) is 26.8 Å². The Bertz CT molecular complexity index is 308. The molecule has 0 bridgehead atoms. The van der Waals surface area contributed by atoms with Crippen LogP contribution in [0.4, 0.5) is 0 Å². The van der Waals surface area contributed by atoms with Crippen LogP contribution in [0.25, 0.3) is 0 Å². The highest BCUT2D eigenvalue weighted by atomic mass is 127. The molecule has 0 radical (unpaired) electrons. The molecule has 12 heavy (non-hydrogen) atoms. The first kappa shape index (κ1) is 9.51. The minimum atomic E-state index is 0.718. The fraction of sp³-hybridized carbons (Fsp3) is 0.222. The van der Waals surface area contributed by atoms with Gasteiger partial charge in [-0.2, -0.15) is 0 Å². The molecule has 0 saturated heterocycles. The first-order chi connectivity index (χ1) is 5.70. The number of aldehydes is 1. The van der Waals surface area contributed by atoms with E-state index in [1.54, 1.807) is 7.11 Å². The van der Waals surface area contributed by atoms with Gasteiger partial charge < -0.3 is 4.74 Å². The fourth-order valence-electron chi connectivity index (χ4n) is 1.04. The largest absolute Gasteiger partial charge is 0.496 e. The Morgan fingerprint density at radius 3 is 2.67 bits per heavy atom. The smallest absolute Gasteiger partial charge is 0.151 e. The molecule has 0 heterocycles. The van der Waals surface area contributed by atoms with Crippen LogP contribution in [-0.4, -0.2) is 13.4 Å². The van der Waals surface area contributed by atoms with Crippen LogP contribution in [0.2, 0.25) is 0 Å². The zero-order chi connectivity index (χ0) is 9.14. The van der Waals surface area contributed by atoms with Crippen molar-refractivity contribution in [1.82, 2.24) is 0 Å². The van der Waals surface area contributed by atoms with Crippen molar-refractivity contribution in [2.24, 2.45) is 0 Å². The van der Waals surface area contributed by atoms with E-state index >= 15 is 0 Å². The summed E-state index contributed by atoms with van der Waals surface area (Å²) in [6.07, 6.45) is 0.861. The van der Waals surface area contributed by atoms with Crippen molar-refractivity contribution in [2.45, 2.75) is 6.92 Å². The monoisotopic (exact) mass is 276 g/mol. The predicted octanol–water partition coefficient (Wildman–Crippen LogP) is 2.42. The first-order valence-electron chi connectivity index (χ1n) is 3.49. The zero-order valence-electron chi connectivity index (χ0n) is 6.93. The number of rotatable bonds is 2. The first-order valence-corrected chi connectivity index (χ1v) is 4.57. The van der Waals surface area contributed by atoms with Crippen molar-refractivity contribution in [3.8, 4) is 5.75 Å². The maximum atomic E-state index is 10.7. The van der Waals surface area contributed by atoms with Crippen molar-refractivity contribution in [2.75, 3.05) is 7.11 Å². The Morgan fingerprint density at radius 2 is 2.17 bits per heavy atom. The summed E-state index contributed by atoms with van der Waals surface area (Å²) in [4.78, 5) is 10.7. The molecule has 0 unspecified atom stereocenters. The van der Waals surface area contributed by atoms with Crippen LogP contribution in [0.1, 0.15) is 15.9 Å². The Hall–Kier alpha value is -0.580. The normalized spacial score (nSPS) is 9.58. The maximum absolute atomic E-state index is 10.7. The molecule has 0 N–H and O–H groups in total. The molecule has 0 aliphatic heterocycles. The average Bonchev–Trinajstić information content (AvgIpc) is 2.06. The molecule has 1 aromatic rings. The van der Waals surface area contributed by atoms with Gasteiger partial charge in [-0.25, -0.2) is 0 Å². The molecule has 0 fully saturated rings. The Balaban J connectivity index is 3.33. The van der Waals surface area contributed by atoms with Gasteiger partial charge in [-0.15, -0.1) is 0 Å². The van der Waals surface area contributed by atoms with Gasteiger partial charge in [0.2, 0.25) is 0 Å². The van der Waals surface area contributed by atoms with Gasteiger partial charge in [-0.05, 0) is 41.6 Å². The molecule has 0 aliphatic carbocycles. The molecule has 0 atom stereocenters. The molecular formula is C9H9IO2. The van der Waals surface area contributed by atoms with Crippen LogP contribution < -0.4 is 4.74 Å². The predicted molar refractivity (Wildman–Crippen MR) is 55.8 cm³/mol. The Labute approximate surface area is 85.1 Å². The van der Waals surface area contributed by atoms with Crippen molar-refractivity contribution in [1.29, 1.82) is 0 Å². The standard InChI is InChI=1S/C9H9IO2/c1-6-7(5-11)8(10)3-4-9(6)12-2/h3-5H,1-2H3. The van der Waals surface area contributed by atoms with Crippen molar-refractivity contribution < 1.29 is 9.53 Å². The second kappa shape index (κ2) is 3.89. The lowest BCUT2D eigenvalue weighted by Gasteiger charge is -2.07. The Kier molecular flexibility index (Phi) is 3.08. The molecule has 1 rings (SSSR count). The van der Waals surface area contributed by atoms with Crippen molar-refractivity contribution >= 4 is 28.9 Å². The van der Waals surface area contributed by atoms with E-state index in [1.165, 1.54) is 0 Å². The number of methoxy groups -OCH3 is 1. The third-order valence-electron chi connectivity index (χ3n) is 1.75. The van der Waals surface area contributed by atoms with Crippen molar-refractivity contribution in [3.63, 3.8) is 0 Å². The molecule has 0 spiro atoms. The Morgan fingerprint density at radius 1 is 1.50 bits per heavy atom. The lowest BCUT2D eigenvalue weighted by atomic mass is 10.1. The summed E-state index contributed by atoms with van der Waals surface area (Å²) in [6.45, 7) is 1.88. The van der Waals surface area contributed by atoms with E-state index in [1.807, 2.05) is 19.1 Å². The fourth-order valence-corrected chi connectivity index (χ4v) is 1.75. The van der Waals surface area contributed by atoms with E-state index in [0.717, 1.165) is 26.7 Å². The highest BCUT2D eigenvalue weighted by Gasteiger charge is 2.06. The van der Waals surface area contributed by atoms with E-state index in [4.69, 9.17) is 4.74 Å². The van der Waals surface area contributed by atoms with Crippen LogP contribution in [0.15, 0.2) is 12.1 Å². The summed E-state index contributed by atoms with van der Waals surface area (Å²) in [7, 11) is 1.60. The highest BCUT2D eigenvalue weighted by Crippen LogP contribution is 2.24. The number of ether oxygens (including phenoxy) is 1. The summed E-state index contributed by atoms with van der Waals surface area (Å²) < 4.78 is 6.04. The second-order valence-corrected chi connectivity index (χ2v) is 3.57. The third kappa shape index (κ3) is 1.60. The van der Waals surface area contributed by atoms with E-state index < -0.39 is 0 Å². The number of carbonyl (C=O) groups is 1. The lowest BCUT2D eigenvalue weighted by molar-refractivity contribution is 0.112. The summed E-state index contributed by atoms with van der Waals surface area (Å²) in [6, 6.07) is 3.74. The molecule has 2 nitrogen and oxygen atoms in total. The summed E-state index contributed by atoms with van der Waals surface area (Å²) in [5.41, 5.74) is 1.62. The molecule has 3 heteroatoms. The van der Waals surface area contributed by atoms with Crippen LogP contribution in [0, 0.1) is 10.5 Å². The van der Waals surface area contributed by atoms with Gasteiger partial charge in [0.05, 0.1) is 7.11 Å². The van der Waals surface area contributed by atoms with E-state index in [9.17, 15) is 4.79 Å². The van der Waals surface area contributed by atoms with Crippen LogP contribution in [0.3, 0.4) is 0 Å². The molecule has 0 aliphatic rings. The van der Waals surface area contributed by atoms with Gasteiger partial charge >= 0.3 is 0 Å². The van der Waals surface area contributed by atoms with Gasteiger partial charge in [0.25, 0.3) is 0 Å². The number of halogens is 1. The molecular weight excluding hydrogens is 267 g/mol. The summed E-state index contributed by atoms with van der Waals surface area (Å²) in [5, 5.41) is 0. The molecule has 64 valence electrons. The minimum absolute atomic E-state index is 0.718. The van der Waals surface area contributed by atoms with Gasteiger partial charge in [-0.1, -0.05) is 0 Å². The molecule has 1 aromatic carbocycles. The SMILES string of the molecule is COc1ccc(I)c(C=O)c1C. The van der Waals surface area contributed by atoms with E-state index in [0.29, 0.717) is 0 Å². The second-order valence-electron chi connectivity index (χ2n) is 2.41. The third-order valence-corrected chi connectivity index (χ3v) is 2.69. The van der Waals surface area contributed by atoms with E-state index in [2.05, 4.69) is 22.6 Å². The van der Waals surface area contributed by atoms with Gasteiger partial charge in [0.1, 0.15) is 5.75 Å². The quantitative estimate of drug-likeness (QED) is 0.612. The van der Waals surface area contributed by atoms with Gasteiger partial charge in [-0.3, -0.25) is 4.79 Å².